The number of benzene rings is 7. The van der Waals surface area contributed by atoms with E-state index >= 15 is 0 Å². The molecule has 0 amide bonds. The smallest absolute Gasteiger partial charge is 0.220 e. The summed E-state index contributed by atoms with van der Waals surface area (Å²) < 4.78 is 44.0. The van der Waals surface area contributed by atoms with Crippen LogP contribution in [0.25, 0.3) is 33.5 Å². The molecule has 11 aromatic rings. The Labute approximate surface area is 354 Å². The maximum Gasteiger partial charge on any atom is 0.220 e. The highest BCUT2D eigenvalue weighted by Crippen LogP contribution is 2.51. The minimum atomic E-state index is -3.44. The summed E-state index contributed by atoms with van der Waals surface area (Å²) >= 11 is 0. The number of hydrogen-bond acceptors (Lipinski definition) is 6. The fourth-order valence-corrected chi connectivity index (χ4v) is 14.6. The van der Waals surface area contributed by atoms with E-state index in [1.54, 1.807) is 6.20 Å². The number of para-hydroxylation sites is 6. The van der Waals surface area contributed by atoms with Crippen molar-refractivity contribution in [2.24, 2.45) is 0 Å². The van der Waals surface area contributed by atoms with Crippen molar-refractivity contribution < 1.29 is 16.3 Å². The first-order valence-electron chi connectivity index (χ1n) is 21.3. The summed E-state index contributed by atoms with van der Waals surface area (Å²) in [6, 6.07) is 60.8. The van der Waals surface area contributed by atoms with Crippen LogP contribution in [0.15, 0.2) is 210 Å². The van der Waals surface area contributed by atoms with Crippen molar-refractivity contribution in [1.82, 2.24) is 23.9 Å². The Morgan fingerprint density at radius 2 is 1.20 bits per heavy atom. The highest BCUT2D eigenvalue weighted by Gasteiger charge is 2.50. The average Bonchev–Trinajstić information content (AvgIpc) is 4.17. The molecule has 0 saturated heterocycles. The second-order valence-electron chi connectivity index (χ2n) is 15.3. The molecular formula is C52H37N5O3Si. The van der Waals surface area contributed by atoms with Crippen LogP contribution in [0, 0.1) is 0 Å². The molecule has 0 aliphatic carbocycles. The minimum Gasteiger partial charge on any atom is -0.457 e. The number of nitrogens with zero attached hydrogens (tertiary/aromatic N) is 5. The van der Waals surface area contributed by atoms with Gasteiger partial charge in [-0.25, -0.2) is 15.0 Å². The van der Waals surface area contributed by atoms with E-state index in [-0.39, 0.29) is 12.3 Å². The molecule has 61 heavy (non-hydrogen) atoms. The topological polar surface area (TPSA) is 83.5 Å². The van der Waals surface area contributed by atoms with Crippen LogP contribution in [-0.2, 0) is 18.2 Å². The maximum absolute atomic E-state index is 10.2. The van der Waals surface area contributed by atoms with Gasteiger partial charge in [0, 0.05) is 37.8 Å². The van der Waals surface area contributed by atoms with Gasteiger partial charge in [-0.15, -0.1) is 0 Å². The molecule has 5 heterocycles. The van der Waals surface area contributed by atoms with E-state index in [2.05, 4.69) is 152 Å². The number of oxazole rings is 2. The molecule has 1 aliphatic heterocycles. The summed E-state index contributed by atoms with van der Waals surface area (Å²) in [5.41, 5.74) is 4.84. The lowest BCUT2D eigenvalue weighted by Crippen LogP contribution is -2.75. The molecule has 1 atom stereocenters. The quantitative estimate of drug-likeness (QED) is 0.107. The van der Waals surface area contributed by atoms with Crippen molar-refractivity contribution in [3.8, 4) is 17.2 Å². The van der Waals surface area contributed by atoms with Gasteiger partial charge >= 0.3 is 0 Å². The van der Waals surface area contributed by atoms with E-state index in [0.29, 0.717) is 28.5 Å². The number of fused-ring (bicyclic) bond motifs is 7. The SMILES string of the molecule is [2H]C([2H])(c1ncco1)C1(Cc2ncco2)c2ccccc2Oc2c1cccc2[Si](c1ccccc1)(c1ccccc1)c1cccc(-n2c3ccccc3n3c4ccccc4nc23)c1. The third kappa shape index (κ3) is 5.33. The molecule has 0 bridgehead atoms. The molecule has 0 saturated carbocycles. The number of ether oxygens (including phenoxy) is 1. The third-order valence-corrected chi connectivity index (χ3v) is 16.9. The molecule has 9 heteroatoms. The van der Waals surface area contributed by atoms with Gasteiger partial charge in [0.25, 0.3) is 0 Å². The lowest BCUT2D eigenvalue weighted by Gasteiger charge is -2.42. The average molecular weight is 810 g/mol. The Bertz CT molecular complexity index is 3420. The number of rotatable bonds is 9. The fourth-order valence-electron chi connectivity index (χ4n) is 9.67. The molecule has 7 aromatic carbocycles. The van der Waals surface area contributed by atoms with Gasteiger partial charge < -0.3 is 13.6 Å². The van der Waals surface area contributed by atoms with Crippen molar-refractivity contribution in [2.75, 3.05) is 0 Å². The van der Waals surface area contributed by atoms with E-state index in [1.807, 2.05) is 42.5 Å². The maximum atomic E-state index is 10.2. The van der Waals surface area contributed by atoms with Gasteiger partial charge in [-0.3, -0.25) is 8.97 Å². The van der Waals surface area contributed by atoms with Crippen LogP contribution >= 0.6 is 0 Å². The van der Waals surface area contributed by atoms with E-state index in [9.17, 15) is 2.74 Å². The molecule has 12 rings (SSSR count). The van der Waals surface area contributed by atoms with Gasteiger partial charge in [0.1, 0.15) is 24.0 Å². The summed E-state index contributed by atoms with van der Waals surface area (Å²) in [6.07, 6.45) is 3.85. The predicted molar refractivity (Wildman–Crippen MR) is 241 cm³/mol. The fraction of sp³-hybridized carbons (Fsp3) is 0.0577. The van der Waals surface area contributed by atoms with E-state index < -0.39 is 19.9 Å². The van der Waals surface area contributed by atoms with Crippen LogP contribution < -0.4 is 25.5 Å². The molecule has 0 fully saturated rings. The Morgan fingerprint density at radius 1 is 0.574 bits per heavy atom. The van der Waals surface area contributed by atoms with Crippen LogP contribution in [0.1, 0.15) is 25.6 Å². The first kappa shape index (κ1) is 33.1. The van der Waals surface area contributed by atoms with E-state index in [1.165, 1.54) is 18.7 Å². The molecule has 4 aromatic heterocycles. The summed E-state index contributed by atoms with van der Waals surface area (Å²) in [6.45, 7) is 0. The Morgan fingerprint density at radius 3 is 1.95 bits per heavy atom. The molecule has 1 unspecified atom stereocenters. The summed E-state index contributed by atoms with van der Waals surface area (Å²) in [4.78, 5) is 14.3. The van der Waals surface area contributed by atoms with Gasteiger partial charge in [0.2, 0.25) is 5.78 Å². The normalized spacial score (nSPS) is 15.6. The Balaban J connectivity index is 1.19. The van der Waals surface area contributed by atoms with E-state index in [0.717, 1.165) is 54.3 Å². The Kier molecular flexibility index (Phi) is 7.56. The monoisotopic (exact) mass is 809 g/mol. The highest BCUT2D eigenvalue weighted by molar-refractivity contribution is 7.20. The number of hydrogen-bond donors (Lipinski definition) is 0. The number of imidazole rings is 2. The first-order valence-corrected chi connectivity index (χ1v) is 22.3. The largest absolute Gasteiger partial charge is 0.457 e. The van der Waals surface area contributed by atoms with Crippen molar-refractivity contribution in [3.05, 3.63) is 224 Å². The van der Waals surface area contributed by atoms with Gasteiger partial charge in [-0.1, -0.05) is 133 Å². The molecule has 0 radical (unpaired) electrons. The third-order valence-electron chi connectivity index (χ3n) is 12.1. The summed E-state index contributed by atoms with van der Waals surface area (Å²) in [7, 11) is -3.44. The first-order chi connectivity index (χ1) is 31.0. The molecule has 8 nitrogen and oxygen atoms in total. The van der Waals surface area contributed by atoms with Crippen molar-refractivity contribution in [3.63, 3.8) is 0 Å². The Hall–Kier alpha value is -7.75. The predicted octanol–water partition coefficient (Wildman–Crippen LogP) is 8.66. The lowest BCUT2D eigenvalue weighted by atomic mass is 9.68. The zero-order valence-electron chi connectivity index (χ0n) is 34.7. The highest BCUT2D eigenvalue weighted by atomic mass is 28.3. The molecular weight excluding hydrogens is 771 g/mol. The standard InChI is InChI=1S/C52H37N5O3Si/c1-3-16-37(17-4-1)61(38-18-5-2-6-19-38,39-20-13-15-36(33-39)56-44-25-10-11-26-45(44)57-43-24-9-8-23-42(43)55-51(56)57)47-28-14-22-41-50(47)60-46-27-12-7-21-40(46)52(41,34-48-53-29-31-58-48)35-49-54-30-32-59-49/h1-33H,34-35H2/i34D2. The van der Waals surface area contributed by atoms with Crippen molar-refractivity contribution in [1.29, 1.82) is 0 Å². The van der Waals surface area contributed by atoms with Gasteiger partial charge in [-0.05, 0) is 63.2 Å². The van der Waals surface area contributed by atoms with Crippen LogP contribution in [0.2, 0.25) is 0 Å². The van der Waals surface area contributed by atoms with Gasteiger partial charge in [0.15, 0.2) is 19.9 Å². The van der Waals surface area contributed by atoms with Crippen LogP contribution in [-0.4, -0.2) is 32.0 Å². The van der Waals surface area contributed by atoms with Crippen LogP contribution in [0.5, 0.6) is 11.5 Å². The minimum absolute atomic E-state index is 0.0543. The second kappa shape index (κ2) is 13.9. The zero-order valence-corrected chi connectivity index (χ0v) is 33.7. The molecule has 1 aliphatic rings. The molecule has 0 N–H and O–H groups in total. The number of aromatic nitrogens is 5. The van der Waals surface area contributed by atoms with Crippen molar-refractivity contribution >= 4 is 56.7 Å². The zero-order chi connectivity index (χ0) is 42.2. The lowest BCUT2D eigenvalue weighted by molar-refractivity contribution is 0.338. The molecule has 292 valence electrons. The van der Waals surface area contributed by atoms with E-state index in [4.69, 9.17) is 18.6 Å². The summed E-state index contributed by atoms with van der Waals surface area (Å²) in [5, 5.41) is 4.33. The van der Waals surface area contributed by atoms with Crippen molar-refractivity contribution in [2.45, 2.75) is 18.2 Å². The van der Waals surface area contributed by atoms with Crippen LogP contribution in [0.3, 0.4) is 0 Å². The summed E-state index contributed by atoms with van der Waals surface area (Å²) in [5.74, 6) is 2.25. The second-order valence-corrected chi connectivity index (χ2v) is 19.1. The van der Waals surface area contributed by atoms with Gasteiger partial charge in [0.05, 0.1) is 34.5 Å². The molecule has 0 spiro atoms. The van der Waals surface area contributed by atoms with Gasteiger partial charge in [-0.2, -0.15) is 0 Å². The van der Waals surface area contributed by atoms with Crippen LogP contribution in [0.4, 0.5) is 0 Å².